The van der Waals surface area contributed by atoms with E-state index in [0.717, 1.165) is 52.1 Å². The van der Waals surface area contributed by atoms with Gasteiger partial charge in [-0.25, -0.2) is 9.97 Å². The molecule has 0 saturated heterocycles. The van der Waals surface area contributed by atoms with Gasteiger partial charge in [0.25, 0.3) is 0 Å². The standard InChI is InChI=1S/C31H26N4O2/c1-34-27(16-15-22-28(36)23-17-19-9-5-6-10-20(19)18-24(23)29(22)37)35(21-11-3-2-4-12-21)31-30(34)32-25-13-7-8-14-26(25)33-31/h5-10,13-18,21H,2-4,11-12H2,1H3/b27-16+. The number of Topliss-reactive ketones (excluding diaryl/α,β-unsaturated/α-hetero) is 2. The highest BCUT2D eigenvalue weighted by molar-refractivity contribution is 6.40. The third kappa shape index (κ3) is 3.39. The number of aromatic nitrogens is 2. The summed E-state index contributed by atoms with van der Waals surface area (Å²) in [6, 6.07) is 19.7. The summed E-state index contributed by atoms with van der Waals surface area (Å²) in [5.41, 5.74) is 2.88. The molecule has 0 spiro atoms. The van der Waals surface area contributed by atoms with E-state index in [1.165, 1.54) is 19.3 Å². The van der Waals surface area contributed by atoms with Crippen LogP contribution in [0, 0.1) is 0 Å². The lowest BCUT2D eigenvalue weighted by Gasteiger charge is -2.33. The van der Waals surface area contributed by atoms with Gasteiger partial charge in [0.15, 0.2) is 23.2 Å². The highest BCUT2D eigenvalue weighted by Gasteiger charge is 2.38. The monoisotopic (exact) mass is 486 g/mol. The zero-order chi connectivity index (χ0) is 25.1. The molecule has 1 saturated carbocycles. The van der Waals surface area contributed by atoms with Gasteiger partial charge in [0.05, 0.1) is 16.6 Å². The lowest BCUT2D eigenvalue weighted by molar-refractivity contribution is 0.0989. The molecule has 0 unspecified atom stereocenters. The lowest BCUT2D eigenvalue weighted by Crippen LogP contribution is -2.37. The molecule has 0 atom stereocenters. The number of nitrogens with zero attached hydrogens (tertiary/aromatic N) is 4. The molecule has 6 heteroatoms. The van der Waals surface area contributed by atoms with Gasteiger partial charge in [0.1, 0.15) is 5.82 Å². The molecule has 3 aromatic carbocycles. The third-order valence-electron chi connectivity index (χ3n) is 7.87. The average molecular weight is 487 g/mol. The first-order valence-corrected chi connectivity index (χ1v) is 12.9. The maximum atomic E-state index is 13.3. The summed E-state index contributed by atoms with van der Waals surface area (Å²) in [5.74, 6) is 2.11. The second kappa shape index (κ2) is 8.37. The lowest BCUT2D eigenvalue weighted by atomic mass is 9.94. The first-order chi connectivity index (χ1) is 18.1. The molecule has 0 N–H and O–H groups in total. The first-order valence-electron chi connectivity index (χ1n) is 12.9. The van der Waals surface area contributed by atoms with Gasteiger partial charge < -0.3 is 9.80 Å². The van der Waals surface area contributed by atoms with Gasteiger partial charge in [0.2, 0.25) is 0 Å². The van der Waals surface area contributed by atoms with E-state index in [4.69, 9.17) is 9.97 Å². The largest absolute Gasteiger partial charge is 0.312 e. The Labute approximate surface area is 214 Å². The van der Waals surface area contributed by atoms with Gasteiger partial charge in [0, 0.05) is 24.2 Å². The summed E-state index contributed by atoms with van der Waals surface area (Å²) in [6.45, 7) is 0. The summed E-state index contributed by atoms with van der Waals surface area (Å²) < 4.78 is 0. The number of hydrogen-bond donors (Lipinski definition) is 0. The van der Waals surface area contributed by atoms with Crippen LogP contribution in [0.1, 0.15) is 52.8 Å². The molecule has 7 rings (SSSR count). The number of allylic oxidation sites excluding steroid dienone is 3. The Kier molecular flexibility index (Phi) is 4.96. The van der Waals surface area contributed by atoms with Crippen molar-refractivity contribution in [3.8, 4) is 0 Å². The first kappa shape index (κ1) is 21.9. The molecular weight excluding hydrogens is 460 g/mol. The molecule has 1 aromatic heterocycles. The van der Waals surface area contributed by atoms with E-state index in [2.05, 4.69) is 4.90 Å². The number of hydrogen-bond acceptors (Lipinski definition) is 6. The molecular formula is C31H26N4O2. The minimum Gasteiger partial charge on any atom is -0.312 e. The van der Waals surface area contributed by atoms with Gasteiger partial charge in [-0.1, -0.05) is 55.7 Å². The second-order valence-electron chi connectivity index (χ2n) is 10.1. The van der Waals surface area contributed by atoms with Crippen LogP contribution in [0.15, 0.2) is 84.2 Å². The topological polar surface area (TPSA) is 66.4 Å². The van der Waals surface area contributed by atoms with Crippen molar-refractivity contribution in [2.24, 2.45) is 0 Å². The minimum absolute atomic E-state index is 0.205. The summed E-state index contributed by atoms with van der Waals surface area (Å²) in [4.78, 5) is 40.9. The molecule has 37 heavy (non-hydrogen) atoms. The van der Waals surface area contributed by atoms with Crippen LogP contribution in [0.4, 0.5) is 11.6 Å². The number of carbonyl (C=O) groups is 2. The highest BCUT2D eigenvalue weighted by Crippen LogP contribution is 2.43. The summed E-state index contributed by atoms with van der Waals surface area (Å²) >= 11 is 0. The molecule has 2 aliphatic carbocycles. The fraction of sp³-hybridized carbons (Fsp3) is 0.226. The van der Waals surface area contributed by atoms with Crippen molar-refractivity contribution in [2.45, 2.75) is 38.1 Å². The van der Waals surface area contributed by atoms with Gasteiger partial charge >= 0.3 is 0 Å². The molecule has 0 radical (unpaired) electrons. The number of benzene rings is 3. The van der Waals surface area contributed by atoms with Gasteiger partial charge in [-0.05, 0) is 60.0 Å². The van der Waals surface area contributed by atoms with Crippen molar-refractivity contribution in [3.63, 3.8) is 0 Å². The van der Waals surface area contributed by atoms with Crippen molar-refractivity contribution in [2.75, 3.05) is 16.8 Å². The van der Waals surface area contributed by atoms with Crippen LogP contribution in [-0.4, -0.2) is 34.6 Å². The molecule has 1 fully saturated rings. The quantitative estimate of drug-likeness (QED) is 0.248. The van der Waals surface area contributed by atoms with Crippen molar-refractivity contribution in [3.05, 3.63) is 95.3 Å². The number of anilines is 2. The van der Waals surface area contributed by atoms with Crippen LogP contribution in [0.3, 0.4) is 0 Å². The van der Waals surface area contributed by atoms with E-state index in [-0.39, 0.29) is 17.1 Å². The van der Waals surface area contributed by atoms with Crippen LogP contribution < -0.4 is 9.80 Å². The summed E-state index contributed by atoms with van der Waals surface area (Å²) in [7, 11) is 1.98. The van der Waals surface area contributed by atoms with Crippen LogP contribution in [0.5, 0.6) is 0 Å². The maximum Gasteiger partial charge on any atom is 0.197 e. The summed E-state index contributed by atoms with van der Waals surface area (Å²) in [5, 5.41) is 1.92. The maximum absolute atomic E-state index is 13.3. The molecule has 182 valence electrons. The second-order valence-corrected chi connectivity index (χ2v) is 10.1. The van der Waals surface area contributed by atoms with E-state index in [1.807, 2.05) is 78.7 Å². The van der Waals surface area contributed by atoms with E-state index >= 15 is 0 Å². The van der Waals surface area contributed by atoms with E-state index in [0.29, 0.717) is 17.2 Å². The SMILES string of the molecule is CN1/C(=C\C=C2C(=O)c3cc4ccccc4cc3C2=O)N(C2CCCCC2)c2nc3ccccc3nc21. The number of rotatable bonds is 2. The van der Waals surface area contributed by atoms with Gasteiger partial charge in [-0.2, -0.15) is 0 Å². The molecule has 0 amide bonds. The van der Waals surface area contributed by atoms with Gasteiger partial charge in [-0.3, -0.25) is 9.59 Å². The van der Waals surface area contributed by atoms with Crippen LogP contribution in [0.2, 0.25) is 0 Å². The molecule has 6 nitrogen and oxygen atoms in total. The van der Waals surface area contributed by atoms with Crippen LogP contribution in [-0.2, 0) is 0 Å². The Balaban J connectivity index is 1.33. The Bertz CT molecular complexity index is 1620. The fourth-order valence-electron chi connectivity index (χ4n) is 5.96. The van der Waals surface area contributed by atoms with Crippen LogP contribution in [0.25, 0.3) is 21.8 Å². The predicted octanol–water partition coefficient (Wildman–Crippen LogP) is 6.22. The zero-order valence-corrected chi connectivity index (χ0v) is 20.6. The van der Waals surface area contributed by atoms with Crippen LogP contribution >= 0.6 is 0 Å². The fourth-order valence-corrected chi connectivity index (χ4v) is 5.96. The molecule has 3 aliphatic rings. The minimum atomic E-state index is -0.216. The van der Waals surface area contributed by atoms with E-state index in [1.54, 1.807) is 6.08 Å². The third-order valence-corrected chi connectivity index (χ3v) is 7.87. The summed E-state index contributed by atoms with van der Waals surface area (Å²) in [6.07, 6.45) is 9.35. The zero-order valence-electron chi connectivity index (χ0n) is 20.6. The van der Waals surface area contributed by atoms with Crippen molar-refractivity contribution in [1.82, 2.24) is 9.97 Å². The molecule has 4 aromatic rings. The Morgan fingerprint density at radius 2 is 1.32 bits per heavy atom. The molecule has 2 heterocycles. The smallest absolute Gasteiger partial charge is 0.197 e. The number of carbonyl (C=O) groups excluding carboxylic acids is 2. The van der Waals surface area contributed by atoms with E-state index in [9.17, 15) is 9.59 Å². The molecule has 1 aliphatic heterocycles. The Morgan fingerprint density at radius 3 is 1.95 bits per heavy atom. The van der Waals surface area contributed by atoms with Crippen molar-refractivity contribution in [1.29, 1.82) is 0 Å². The number of ketones is 2. The Morgan fingerprint density at radius 1 is 0.757 bits per heavy atom. The number of fused-ring (bicyclic) bond motifs is 4. The van der Waals surface area contributed by atoms with E-state index < -0.39 is 0 Å². The highest BCUT2D eigenvalue weighted by atomic mass is 16.2. The molecule has 0 bridgehead atoms. The average Bonchev–Trinajstić information content (AvgIpc) is 3.34. The Hall–Kier alpha value is -4.32. The normalized spacial score (nSPS) is 18.8. The van der Waals surface area contributed by atoms with Gasteiger partial charge in [-0.15, -0.1) is 0 Å². The van der Waals surface area contributed by atoms with Crippen molar-refractivity contribution >= 4 is 45.0 Å². The predicted molar refractivity (Wildman–Crippen MR) is 146 cm³/mol. The van der Waals surface area contributed by atoms with Crippen molar-refractivity contribution < 1.29 is 9.59 Å². The number of para-hydroxylation sites is 2.